The summed E-state index contributed by atoms with van der Waals surface area (Å²) in [7, 11) is -2.50. The third kappa shape index (κ3) is 3.94. The lowest BCUT2D eigenvalue weighted by molar-refractivity contribution is -0.385. The third-order valence-electron chi connectivity index (χ3n) is 3.51. The van der Waals surface area contributed by atoms with Crippen LogP contribution in [0.3, 0.4) is 0 Å². The maximum absolute atomic E-state index is 12.7. The van der Waals surface area contributed by atoms with Gasteiger partial charge in [0.15, 0.2) is 0 Å². The van der Waals surface area contributed by atoms with Crippen molar-refractivity contribution < 1.29 is 13.3 Å². The molecule has 9 heteroatoms. The molecule has 0 atom stereocenters. The number of nitro groups is 1. The maximum Gasteiger partial charge on any atom is 0.275 e. The zero-order valence-electron chi connectivity index (χ0n) is 12.9. The van der Waals surface area contributed by atoms with Crippen LogP contribution in [0.15, 0.2) is 45.8 Å². The van der Waals surface area contributed by atoms with E-state index >= 15 is 0 Å². The summed E-state index contributed by atoms with van der Waals surface area (Å²) < 4.78 is 27.4. The van der Waals surface area contributed by atoms with Gasteiger partial charge in [0.2, 0.25) is 10.0 Å². The molecular weight excluding hydrogens is 420 g/mol. The zero-order valence-corrected chi connectivity index (χ0v) is 16.0. The lowest BCUT2D eigenvalue weighted by atomic mass is 10.2. The van der Waals surface area contributed by atoms with Crippen molar-refractivity contribution in [3.63, 3.8) is 0 Å². The van der Waals surface area contributed by atoms with Gasteiger partial charge in [-0.25, -0.2) is 8.42 Å². The van der Waals surface area contributed by atoms with Crippen molar-refractivity contribution >= 4 is 43.2 Å². The maximum atomic E-state index is 12.7. The number of benzene rings is 2. The van der Waals surface area contributed by atoms with Crippen LogP contribution < -0.4 is 0 Å². The number of nitro benzene ring substituents is 1. The van der Waals surface area contributed by atoms with Gasteiger partial charge in [0, 0.05) is 29.7 Å². The van der Waals surface area contributed by atoms with E-state index in [9.17, 15) is 18.5 Å². The summed E-state index contributed by atoms with van der Waals surface area (Å²) in [5.74, 6) is 0. The molecule has 128 valence electrons. The van der Waals surface area contributed by atoms with Crippen LogP contribution in [0.2, 0.25) is 5.02 Å². The first kappa shape index (κ1) is 18.9. The highest BCUT2D eigenvalue weighted by molar-refractivity contribution is 9.10. The average Bonchev–Trinajstić information content (AvgIpc) is 2.51. The van der Waals surface area contributed by atoms with E-state index in [2.05, 4.69) is 15.9 Å². The smallest absolute Gasteiger partial charge is 0.258 e. The Kier molecular flexibility index (Phi) is 5.64. The van der Waals surface area contributed by atoms with E-state index in [4.69, 9.17) is 11.6 Å². The Morgan fingerprint density at radius 2 is 1.83 bits per heavy atom. The van der Waals surface area contributed by atoms with E-state index in [0.717, 1.165) is 20.4 Å². The largest absolute Gasteiger partial charge is 0.275 e. The standard InChI is InChI=1S/C15H14BrClN2O4S/c1-10-14(17)7-13(8-15(10)19(20)21)24(22,23)18(2)9-11-3-5-12(16)6-4-11/h3-8H,9H2,1-2H3. The monoisotopic (exact) mass is 432 g/mol. The van der Waals surface area contributed by atoms with Crippen molar-refractivity contribution in [2.24, 2.45) is 0 Å². The molecule has 0 aliphatic heterocycles. The minimum Gasteiger partial charge on any atom is -0.258 e. The minimum absolute atomic E-state index is 0.0415. The molecule has 2 aromatic carbocycles. The summed E-state index contributed by atoms with van der Waals surface area (Å²) in [4.78, 5) is 10.2. The van der Waals surface area contributed by atoms with E-state index < -0.39 is 14.9 Å². The summed E-state index contributed by atoms with van der Waals surface area (Å²) in [5, 5.41) is 11.1. The lowest BCUT2D eigenvalue weighted by Crippen LogP contribution is -2.26. The summed E-state index contributed by atoms with van der Waals surface area (Å²) in [6.07, 6.45) is 0. The second-order valence-electron chi connectivity index (χ2n) is 5.19. The summed E-state index contributed by atoms with van der Waals surface area (Å²) >= 11 is 9.27. The average molecular weight is 434 g/mol. The number of halogens is 2. The normalized spacial score (nSPS) is 11.7. The summed E-state index contributed by atoms with van der Waals surface area (Å²) in [5.41, 5.74) is 0.700. The van der Waals surface area contributed by atoms with E-state index in [1.807, 2.05) is 12.1 Å². The molecule has 0 heterocycles. The lowest BCUT2D eigenvalue weighted by Gasteiger charge is -2.18. The molecule has 6 nitrogen and oxygen atoms in total. The summed E-state index contributed by atoms with van der Waals surface area (Å²) in [6.45, 7) is 1.61. The quantitative estimate of drug-likeness (QED) is 0.524. The molecule has 24 heavy (non-hydrogen) atoms. The van der Waals surface area contributed by atoms with Gasteiger partial charge >= 0.3 is 0 Å². The molecule has 0 radical (unpaired) electrons. The minimum atomic E-state index is -3.91. The van der Waals surface area contributed by atoms with Crippen LogP contribution in [0.25, 0.3) is 0 Å². The van der Waals surface area contributed by atoms with Crippen molar-refractivity contribution in [1.82, 2.24) is 4.31 Å². The van der Waals surface area contributed by atoms with Crippen LogP contribution in [0.4, 0.5) is 5.69 Å². The molecule has 0 aliphatic rings. The van der Waals surface area contributed by atoms with E-state index in [-0.39, 0.29) is 27.7 Å². The highest BCUT2D eigenvalue weighted by Gasteiger charge is 2.26. The predicted octanol–water partition coefficient (Wildman–Crippen LogP) is 4.14. The molecule has 0 amide bonds. The Morgan fingerprint density at radius 1 is 1.25 bits per heavy atom. The fourth-order valence-corrected chi connectivity index (χ4v) is 3.84. The van der Waals surface area contributed by atoms with E-state index in [1.54, 1.807) is 12.1 Å². The predicted molar refractivity (Wildman–Crippen MR) is 95.6 cm³/mol. The fraction of sp³-hybridized carbons (Fsp3) is 0.200. The SMILES string of the molecule is Cc1c(Cl)cc(S(=O)(=O)N(C)Cc2ccc(Br)cc2)cc1[N+](=O)[O-]. The Balaban J connectivity index is 2.39. The highest BCUT2D eigenvalue weighted by atomic mass is 79.9. The van der Waals surface area contributed by atoms with Crippen molar-refractivity contribution in [1.29, 1.82) is 0 Å². The van der Waals surface area contributed by atoms with Crippen molar-refractivity contribution in [2.75, 3.05) is 7.05 Å². The number of nitrogens with zero attached hydrogens (tertiary/aromatic N) is 2. The topological polar surface area (TPSA) is 80.5 Å². The van der Waals surface area contributed by atoms with Gasteiger partial charge in [-0.1, -0.05) is 39.7 Å². The van der Waals surface area contributed by atoms with Crippen LogP contribution in [0.1, 0.15) is 11.1 Å². The molecule has 0 fully saturated rings. The molecule has 0 saturated heterocycles. The molecule has 0 spiro atoms. The molecule has 0 unspecified atom stereocenters. The van der Waals surface area contributed by atoms with Crippen molar-refractivity contribution in [2.45, 2.75) is 18.4 Å². The van der Waals surface area contributed by atoms with Crippen LogP contribution in [-0.2, 0) is 16.6 Å². The van der Waals surface area contributed by atoms with E-state index in [0.29, 0.717) is 0 Å². The molecule has 0 aliphatic carbocycles. The second kappa shape index (κ2) is 7.18. The van der Waals surface area contributed by atoms with Crippen LogP contribution in [-0.4, -0.2) is 24.7 Å². The van der Waals surface area contributed by atoms with Crippen LogP contribution in [0, 0.1) is 17.0 Å². The fourth-order valence-electron chi connectivity index (χ4n) is 2.09. The highest BCUT2D eigenvalue weighted by Crippen LogP contribution is 2.31. The number of sulfonamides is 1. The number of hydrogen-bond acceptors (Lipinski definition) is 4. The third-order valence-corrected chi connectivity index (χ3v) is 6.22. The zero-order chi connectivity index (χ0) is 18.1. The summed E-state index contributed by atoms with van der Waals surface area (Å²) in [6, 6.07) is 9.47. The molecule has 0 aromatic heterocycles. The van der Waals surface area contributed by atoms with Gasteiger partial charge in [-0.05, 0) is 30.7 Å². The first-order valence-electron chi connectivity index (χ1n) is 6.78. The molecule has 2 aromatic rings. The van der Waals surface area contributed by atoms with Gasteiger partial charge in [0.25, 0.3) is 5.69 Å². The Morgan fingerprint density at radius 3 is 2.38 bits per heavy atom. The second-order valence-corrected chi connectivity index (χ2v) is 8.56. The Labute approximate surface area is 153 Å². The van der Waals surface area contributed by atoms with Crippen molar-refractivity contribution in [3.05, 3.63) is 67.1 Å². The molecule has 0 bridgehead atoms. The Hall–Kier alpha value is -1.48. The van der Waals surface area contributed by atoms with Gasteiger partial charge in [0.05, 0.1) is 14.8 Å². The number of rotatable bonds is 5. The molecule has 0 saturated carbocycles. The van der Waals surface area contributed by atoms with E-state index in [1.165, 1.54) is 20.0 Å². The van der Waals surface area contributed by atoms with Crippen molar-refractivity contribution in [3.8, 4) is 0 Å². The molecule has 0 N–H and O–H groups in total. The molecular formula is C15H14BrClN2O4S. The van der Waals surface area contributed by atoms with Gasteiger partial charge in [0.1, 0.15) is 0 Å². The van der Waals surface area contributed by atoms with Gasteiger partial charge < -0.3 is 0 Å². The Bertz CT molecular complexity index is 885. The molecule has 2 rings (SSSR count). The van der Waals surface area contributed by atoms with Crippen LogP contribution >= 0.6 is 27.5 Å². The van der Waals surface area contributed by atoms with Gasteiger partial charge in [-0.2, -0.15) is 4.31 Å². The van der Waals surface area contributed by atoms with Gasteiger partial charge in [-0.15, -0.1) is 0 Å². The van der Waals surface area contributed by atoms with Gasteiger partial charge in [-0.3, -0.25) is 10.1 Å². The number of hydrogen-bond donors (Lipinski definition) is 0. The van der Waals surface area contributed by atoms with Crippen LogP contribution in [0.5, 0.6) is 0 Å². The first-order valence-corrected chi connectivity index (χ1v) is 9.39. The first-order chi connectivity index (χ1) is 11.1.